The number of carbonyl (C=O) groups excluding carboxylic acids is 1. The average Bonchev–Trinajstić information content (AvgIpc) is 2.92. The second-order valence-corrected chi connectivity index (χ2v) is 6.86. The first-order valence-corrected chi connectivity index (χ1v) is 8.59. The zero-order valence-electron chi connectivity index (χ0n) is 14.2. The standard InChI is InChI=1S/C18H21N5O2/c1-21-8-6-16(18(21)25)22-10-13(11-22)12-23-17(24)5-4-15(20-23)14-3-2-7-19-9-14/h2-5,7,9,13,16H,6,8,10-12H2,1H3. The normalized spacial score (nSPS) is 21.6. The van der Waals surface area contributed by atoms with Crippen LogP contribution in [-0.4, -0.2) is 63.2 Å². The average molecular weight is 339 g/mol. The lowest BCUT2D eigenvalue weighted by molar-refractivity contribution is -0.133. The van der Waals surface area contributed by atoms with E-state index in [9.17, 15) is 9.59 Å². The number of likely N-dealkylation sites (N-methyl/N-ethyl adjacent to an activating group) is 1. The Hall–Kier alpha value is -2.54. The van der Waals surface area contributed by atoms with Crippen LogP contribution in [0, 0.1) is 5.92 Å². The topological polar surface area (TPSA) is 71.3 Å². The Morgan fingerprint density at radius 2 is 2.04 bits per heavy atom. The Morgan fingerprint density at radius 3 is 2.72 bits per heavy atom. The maximum atomic E-state index is 12.1. The van der Waals surface area contributed by atoms with Crippen LogP contribution < -0.4 is 5.56 Å². The molecule has 1 atom stereocenters. The van der Waals surface area contributed by atoms with Crippen molar-refractivity contribution < 1.29 is 4.79 Å². The molecule has 4 rings (SSSR count). The number of carbonyl (C=O) groups is 1. The zero-order chi connectivity index (χ0) is 17.4. The van der Waals surface area contributed by atoms with Crippen LogP contribution in [0.2, 0.25) is 0 Å². The van der Waals surface area contributed by atoms with Gasteiger partial charge in [0.2, 0.25) is 5.91 Å². The fourth-order valence-electron chi connectivity index (χ4n) is 3.62. The number of hydrogen-bond donors (Lipinski definition) is 0. The molecule has 0 aromatic carbocycles. The van der Waals surface area contributed by atoms with Gasteiger partial charge < -0.3 is 4.90 Å². The summed E-state index contributed by atoms with van der Waals surface area (Å²) in [5.74, 6) is 0.570. The van der Waals surface area contributed by atoms with Crippen LogP contribution in [-0.2, 0) is 11.3 Å². The van der Waals surface area contributed by atoms with E-state index < -0.39 is 0 Å². The van der Waals surface area contributed by atoms with Gasteiger partial charge in [-0.25, -0.2) is 4.68 Å². The molecule has 0 radical (unpaired) electrons. The van der Waals surface area contributed by atoms with Crippen molar-refractivity contribution in [2.24, 2.45) is 5.92 Å². The molecule has 130 valence electrons. The number of likely N-dealkylation sites (tertiary alicyclic amines) is 2. The quantitative estimate of drug-likeness (QED) is 0.810. The Morgan fingerprint density at radius 1 is 1.20 bits per heavy atom. The van der Waals surface area contributed by atoms with E-state index in [4.69, 9.17) is 0 Å². The van der Waals surface area contributed by atoms with Gasteiger partial charge in [0, 0.05) is 56.6 Å². The third kappa shape index (κ3) is 3.07. The summed E-state index contributed by atoms with van der Waals surface area (Å²) >= 11 is 0. The van der Waals surface area contributed by atoms with E-state index in [1.54, 1.807) is 29.4 Å². The first-order chi connectivity index (χ1) is 12.1. The van der Waals surface area contributed by atoms with Crippen LogP contribution in [0.25, 0.3) is 11.3 Å². The Balaban J connectivity index is 1.42. The summed E-state index contributed by atoms with van der Waals surface area (Å²) in [6, 6.07) is 7.09. The predicted octanol–water partition coefficient (Wildman–Crippen LogP) is 0.468. The van der Waals surface area contributed by atoms with Gasteiger partial charge in [-0.3, -0.25) is 19.5 Å². The zero-order valence-corrected chi connectivity index (χ0v) is 14.2. The number of amides is 1. The van der Waals surface area contributed by atoms with Crippen LogP contribution in [0.4, 0.5) is 0 Å². The molecule has 2 aromatic rings. The van der Waals surface area contributed by atoms with Gasteiger partial charge in [0.15, 0.2) is 0 Å². The molecule has 7 nitrogen and oxygen atoms in total. The van der Waals surface area contributed by atoms with Gasteiger partial charge in [-0.15, -0.1) is 0 Å². The largest absolute Gasteiger partial charge is 0.344 e. The molecule has 0 saturated carbocycles. The third-order valence-corrected chi connectivity index (χ3v) is 5.08. The van der Waals surface area contributed by atoms with Crippen molar-refractivity contribution in [3.8, 4) is 11.3 Å². The summed E-state index contributed by atoms with van der Waals surface area (Å²) in [7, 11) is 1.85. The smallest absolute Gasteiger partial charge is 0.266 e. The minimum Gasteiger partial charge on any atom is -0.344 e. The number of aromatic nitrogens is 3. The van der Waals surface area contributed by atoms with E-state index in [1.807, 2.05) is 19.2 Å². The number of hydrogen-bond acceptors (Lipinski definition) is 5. The predicted molar refractivity (Wildman–Crippen MR) is 92.8 cm³/mol. The molecule has 1 amide bonds. The highest BCUT2D eigenvalue weighted by Crippen LogP contribution is 2.25. The van der Waals surface area contributed by atoms with E-state index in [2.05, 4.69) is 15.0 Å². The van der Waals surface area contributed by atoms with Crippen molar-refractivity contribution in [3.05, 3.63) is 47.0 Å². The maximum absolute atomic E-state index is 12.1. The summed E-state index contributed by atoms with van der Waals surface area (Å²) in [6.07, 6.45) is 4.35. The highest BCUT2D eigenvalue weighted by atomic mass is 16.2. The second-order valence-electron chi connectivity index (χ2n) is 6.86. The molecule has 2 fully saturated rings. The summed E-state index contributed by atoms with van der Waals surface area (Å²) in [4.78, 5) is 32.3. The van der Waals surface area contributed by atoms with Gasteiger partial charge in [-0.2, -0.15) is 5.10 Å². The molecule has 2 aliphatic rings. The van der Waals surface area contributed by atoms with Gasteiger partial charge in [0.1, 0.15) is 0 Å². The molecule has 4 heterocycles. The lowest BCUT2D eigenvalue weighted by Crippen LogP contribution is -2.56. The lowest BCUT2D eigenvalue weighted by Gasteiger charge is -2.42. The van der Waals surface area contributed by atoms with Gasteiger partial charge in [0.05, 0.1) is 18.3 Å². The second kappa shape index (κ2) is 6.40. The fourth-order valence-corrected chi connectivity index (χ4v) is 3.62. The van der Waals surface area contributed by atoms with E-state index in [0.29, 0.717) is 12.5 Å². The first kappa shape index (κ1) is 16.0. The third-order valence-electron chi connectivity index (χ3n) is 5.08. The van der Waals surface area contributed by atoms with Gasteiger partial charge in [0.25, 0.3) is 5.56 Å². The minimum absolute atomic E-state index is 0.0210. The SMILES string of the molecule is CN1CCC(N2CC(Cn3nc(-c4cccnc4)ccc3=O)C2)C1=O. The molecule has 2 saturated heterocycles. The van der Waals surface area contributed by atoms with Gasteiger partial charge in [-0.1, -0.05) is 0 Å². The fraction of sp³-hybridized carbons (Fsp3) is 0.444. The monoisotopic (exact) mass is 339 g/mol. The van der Waals surface area contributed by atoms with Crippen molar-refractivity contribution in [2.45, 2.75) is 19.0 Å². The Bertz CT molecular complexity index is 829. The van der Waals surface area contributed by atoms with Crippen molar-refractivity contribution in [2.75, 3.05) is 26.7 Å². The van der Waals surface area contributed by atoms with Crippen LogP contribution >= 0.6 is 0 Å². The molecule has 2 aromatic heterocycles. The minimum atomic E-state index is -0.0947. The highest BCUT2D eigenvalue weighted by molar-refractivity contribution is 5.83. The Kier molecular flexibility index (Phi) is 4.09. The van der Waals surface area contributed by atoms with E-state index in [1.165, 1.54) is 4.68 Å². The summed E-state index contributed by atoms with van der Waals surface area (Å²) in [5, 5.41) is 4.48. The molecule has 7 heteroatoms. The molecule has 0 spiro atoms. The van der Waals surface area contributed by atoms with Gasteiger partial charge >= 0.3 is 0 Å². The molecule has 25 heavy (non-hydrogen) atoms. The maximum Gasteiger partial charge on any atom is 0.266 e. The molecule has 0 bridgehead atoms. The molecule has 2 aliphatic heterocycles. The van der Waals surface area contributed by atoms with Crippen LogP contribution in [0.1, 0.15) is 6.42 Å². The summed E-state index contributed by atoms with van der Waals surface area (Å²) in [6.45, 7) is 3.10. The van der Waals surface area contributed by atoms with E-state index >= 15 is 0 Å². The van der Waals surface area contributed by atoms with Crippen LogP contribution in [0.15, 0.2) is 41.5 Å². The van der Waals surface area contributed by atoms with Crippen molar-refractivity contribution in [1.29, 1.82) is 0 Å². The van der Waals surface area contributed by atoms with Crippen molar-refractivity contribution >= 4 is 5.91 Å². The van der Waals surface area contributed by atoms with Crippen molar-refractivity contribution in [3.63, 3.8) is 0 Å². The van der Waals surface area contributed by atoms with Gasteiger partial charge in [-0.05, 0) is 24.6 Å². The van der Waals surface area contributed by atoms with Crippen LogP contribution in [0.3, 0.4) is 0 Å². The Labute approximate surface area is 145 Å². The number of nitrogens with zero attached hydrogens (tertiary/aromatic N) is 5. The number of rotatable bonds is 4. The molecule has 0 N–H and O–H groups in total. The van der Waals surface area contributed by atoms with Crippen molar-refractivity contribution in [1.82, 2.24) is 24.6 Å². The van der Waals surface area contributed by atoms with Crippen LogP contribution in [0.5, 0.6) is 0 Å². The summed E-state index contributed by atoms with van der Waals surface area (Å²) in [5.41, 5.74) is 1.55. The van der Waals surface area contributed by atoms with E-state index in [0.717, 1.165) is 37.3 Å². The lowest BCUT2D eigenvalue weighted by atomic mass is 9.97. The first-order valence-electron chi connectivity index (χ1n) is 8.59. The highest BCUT2D eigenvalue weighted by Gasteiger charge is 2.40. The molecule has 0 aliphatic carbocycles. The number of pyridine rings is 1. The molecular formula is C18H21N5O2. The molecule has 1 unspecified atom stereocenters. The molecular weight excluding hydrogens is 318 g/mol. The van der Waals surface area contributed by atoms with E-state index in [-0.39, 0.29) is 17.5 Å². The summed E-state index contributed by atoms with van der Waals surface area (Å²) < 4.78 is 1.53.